The molecular formula is C5H2BrNO. The summed E-state index contributed by atoms with van der Waals surface area (Å²) in [4.78, 5) is 0. The van der Waals surface area contributed by atoms with E-state index in [-0.39, 0.29) is 0 Å². The predicted octanol–water partition coefficient (Wildman–Crippen LogP) is 0.683. The molecule has 2 nitrogen and oxygen atoms in total. The molecule has 1 aromatic rings. The van der Waals surface area contributed by atoms with Crippen LogP contribution in [0.25, 0.3) is 0 Å². The summed E-state index contributed by atoms with van der Waals surface area (Å²) in [6, 6.07) is 4.13. The zero-order valence-electron chi connectivity index (χ0n) is 3.89. The number of halogens is 1. The molecule has 0 aliphatic carbocycles. The van der Waals surface area contributed by atoms with Crippen LogP contribution in [0.15, 0.2) is 16.7 Å². The fourth-order valence-electron chi connectivity index (χ4n) is 0.346. The Morgan fingerprint density at radius 3 is 2.88 bits per heavy atom. The van der Waals surface area contributed by atoms with Crippen LogP contribution >= 0.6 is 15.9 Å². The Kier molecular flexibility index (Phi) is 1.36. The highest BCUT2D eigenvalue weighted by atomic mass is 79.9. The average Bonchev–Trinajstić information content (AvgIpc) is 1.64. The lowest BCUT2D eigenvalue weighted by Crippen LogP contribution is -2.22. The summed E-state index contributed by atoms with van der Waals surface area (Å²) in [5.74, 6) is 0. The Morgan fingerprint density at radius 2 is 2.50 bits per heavy atom. The summed E-state index contributed by atoms with van der Waals surface area (Å²) >= 11 is 3.09. The molecule has 1 heterocycles. The minimum absolute atomic E-state index is 0.560. The molecule has 3 heteroatoms. The Labute approximate surface area is 55.5 Å². The molecule has 0 aliphatic rings. The normalized spacial score (nSPS) is 8.12. The molecule has 0 N–H and O–H groups in total. The van der Waals surface area contributed by atoms with E-state index < -0.39 is 0 Å². The van der Waals surface area contributed by atoms with Gasteiger partial charge in [-0.05, 0) is 15.9 Å². The zero-order valence-corrected chi connectivity index (χ0v) is 5.47. The maximum atomic E-state index is 10.3. The van der Waals surface area contributed by atoms with E-state index in [4.69, 9.17) is 0 Å². The summed E-state index contributed by atoms with van der Waals surface area (Å²) < 4.78 is 1.27. The van der Waals surface area contributed by atoms with Crippen molar-refractivity contribution in [2.45, 2.75) is 0 Å². The molecule has 0 aliphatic heterocycles. The number of rotatable bonds is 0. The van der Waals surface area contributed by atoms with Gasteiger partial charge in [0.25, 0.3) is 0 Å². The molecule has 0 radical (unpaired) electrons. The van der Waals surface area contributed by atoms with Crippen LogP contribution in [0.5, 0.6) is 0 Å². The molecule has 0 aromatic carbocycles. The van der Waals surface area contributed by atoms with Crippen molar-refractivity contribution >= 4 is 15.9 Å². The van der Waals surface area contributed by atoms with E-state index in [1.807, 2.05) is 0 Å². The number of nitrogens with zero attached hydrogens (tertiary/aromatic N) is 1. The average molecular weight is 172 g/mol. The van der Waals surface area contributed by atoms with Crippen LogP contribution in [0.4, 0.5) is 0 Å². The molecule has 40 valence electrons. The second-order valence-electron chi connectivity index (χ2n) is 1.24. The van der Waals surface area contributed by atoms with Crippen LogP contribution in [0.2, 0.25) is 0 Å². The van der Waals surface area contributed by atoms with Gasteiger partial charge in [0.05, 0.1) is 4.47 Å². The fourth-order valence-corrected chi connectivity index (χ4v) is 0.647. The van der Waals surface area contributed by atoms with Crippen molar-refractivity contribution in [2.75, 3.05) is 0 Å². The van der Waals surface area contributed by atoms with Crippen LogP contribution < -0.4 is 4.73 Å². The van der Waals surface area contributed by atoms with Crippen LogP contribution in [-0.4, -0.2) is 0 Å². The summed E-state index contributed by atoms with van der Waals surface area (Å²) in [5.41, 5.74) is 0. The third kappa shape index (κ3) is 1.11. The van der Waals surface area contributed by atoms with E-state index in [0.717, 1.165) is 0 Å². The summed E-state index contributed by atoms with van der Waals surface area (Å²) in [5, 5.41) is 10.3. The molecule has 0 saturated heterocycles. The molecule has 0 unspecified atom stereocenters. The van der Waals surface area contributed by atoms with Crippen molar-refractivity contribution in [3.05, 3.63) is 34.2 Å². The number of hydrogen-bond acceptors (Lipinski definition) is 1. The van der Waals surface area contributed by atoms with Gasteiger partial charge < -0.3 is 5.21 Å². The van der Waals surface area contributed by atoms with Crippen LogP contribution in [0.1, 0.15) is 0 Å². The first-order valence-electron chi connectivity index (χ1n) is 1.97. The van der Waals surface area contributed by atoms with Crippen molar-refractivity contribution < 1.29 is 4.73 Å². The van der Waals surface area contributed by atoms with Gasteiger partial charge in [0.15, 0.2) is 0 Å². The van der Waals surface area contributed by atoms with Crippen molar-refractivity contribution in [1.82, 2.24) is 0 Å². The third-order valence-corrected chi connectivity index (χ3v) is 1.06. The number of hydrogen-bond donors (Lipinski definition) is 0. The summed E-state index contributed by atoms with van der Waals surface area (Å²) in [6.45, 7) is 0. The van der Waals surface area contributed by atoms with E-state index in [1.165, 1.54) is 6.20 Å². The first kappa shape index (κ1) is 5.39. The van der Waals surface area contributed by atoms with Gasteiger partial charge in [-0.2, -0.15) is 0 Å². The molecule has 1 rings (SSSR count). The standard InChI is InChI=1S/C5H2BrNO/c6-5-2-1-3-7(8)4-5/h2,4H. The van der Waals surface area contributed by atoms with E-state index in [2.05, 4.69) is 28.2 Å². The molecule has 0 spiro atoms. The highest BCUT2D eigenvalue weighted by Gasteiger charge is 1.85. The molecule has 0 fully saturated rings. The lowest BCUT2D eigenvalue weighted by atomic mass is 10.6. The smallest absolute Gasteiger partial charge is 0.240 e. The van der Waals surface area contributed by atoms with Gasteiger partial charge in [-0.3, -0.25) is 0 Å². The quantitative estimate of drug-likeness (QED) is 0.417. The molecule has 1 aromatic heterocycles. The first-order valence-corrected chi connectivity index (χ1v) is 2.76. The predicted molar refractivity (Wildman–Crippen MR) is 30.8 cm³/mol. The Bertz CT molecular complexity index is 172. The first-order chi connectivity index (χ1) is 3.79. The van der Waals surface area contributed by atoms with Crippen LogP contribution in [0, 0.1) is 17.5 Å². The largest absolute Gasteiger partial charge is 0.609 e. The maximum Gasteiger partial charge on any atom is 0.240 e. The molecule has 0 atom stereocenters. The van der Waals surface area contributed by atoms with E-state index >= 15 is 0 Å². The summed E-state index contributed by atoms with van der Waals surface area (Å²) in [6.07, 6.45) is 3.64. The highest BCUT2D eigenvalue weighted by Crippen LogP contribution is 2.00. The van der Waals surface area contributed by atoms with Gasteiger partial charge in [0.2, 0.25) is 12.4 Å². The van der Waals surface area contributed by atoms with Crippen LogP contribution in [0.3, 0.4) is 0 Å². The van der Waals surface area contributed by atoms with Crippen molar-refractivity contribution in [1.29, 1.82) is 0 Å². The summed E-state index contributed by atoms with van der Waals surface area (Å²) in [7, 11) is 0. The minimum Gasteiger partial charge on any atom is -0.609 e. The van der Waals surface area contributed by atoms with E-state index in [1.54, 1.807) is 6.07 Å². The Morgan fingerprint density at radius 1 is 1.75 bits per heavy atom. The van der Waals surface area contributed by atoms with Gasteiger partial charge in [-0.15, -0.1) is 4.73 Å². The second kappa shape index (κ2) is 2.01. The SMILES string of the molecule is [O-][n+]1c#ccc(Br)c1. The lowest BCUT2D eigenvalue weighted by molar-refractivity contribution is -0.606. The lowest BCUT2D eigenvalue weighted by Gasteiger charge is -1.85. The van der Waals surface area contributed by atoms with E-state index in [0.29, 0.717) is 9.20 Å². The Hall–Kier alpha value is -0.750. The van der Waals surface area contributed by atoms with Gasteiger partial charge in [-0.1, -0.05) is 0 Å². The topological polar surface area (TPSA) is 26.9 Å². The zero-order chi connectivity index (χ0) is 5.98. The third-order valence-electron chi connectivity index (χ3n) is 0.625. The second-order valence-corrected chi connectivity index (χ2v) is 2.16. The van der Waals surface area contributed by atoms with Gasteiger partial charge in [0, 0.05) is 12.1 Å². The maximum absolute atomic E-state index is 10.3. The molecule has 0 saturated carbocycles. The molecule has 0 amide bonds. The van der Waals surface area contributed by atoms with Crippen molar-refractivity contribution in [3.63, 3.8) is 0 Å². The fraction of sp³-hybridized carbons (Fsp3) is 0. The monoisotopic (exact) mass is 171 g/mol. The van der Waals surface area contributed by atoms with Gasteiger partial charge in [0.1, 0.15) is 0 Å². The van der Waals surface area contributed by atoms with Gasteiger partial charge >= 0.3 is 0 Å². The van der Waals surface area contributed by atoms with Crippen molar-refractivity contribution in [3.8, 4) is 0 Å². The van der Waals surface area contributed by atoms with E-state index in [9.17, 15) is 5.21 Å². The highest BCUT2D eigenvalue weighted by molar-refractivity contribution is 9.10. The molecular weight excluding hydrogens is 170 g/mol. The minimum atomic E-state index is 0.560. The van der Waals surface area contributed by atoms with Gasteiger partial charge in [-0.25, -0.2) is 0 Å². The Balaban J connectivity index is 3.08. The molecule has 0 bridgehead atoms. The molecule has 8 heavy (non-hydrogen) atoms. The number of aromatic nitrogens is 1. The van der Waals surface area contributed by atoms with Crippen LogP contribution in [-0.2, 0) is 0 Å². The van der Waals surface area contributed by atoms with Crippen molar-refractivity contribution in [2.24, 2.45) is 0 Å².